The lowest BCUT2D eigenvalue weighted by molar-refractivity contribution is 0.474. The average Bonchev–Trinajstić information content (AvgIpc) is 2.74. The van der Waals surface area contributed by atoms with Crippen molar-refractivity contribution in [3.05, 3.63) is 17.0 Å². The van der Waals surface area contributed by atoms with Crippen molar-refractivity contribution in [1.29, 1.82) is 0 Å². The number of nitrogens with zero attached hydrogens (tertiary/aromatic N) is 1. The third-order valence-corrected chi connectivity index (χ3v) is 6.11. The minimum atomic E-state index is -3.29. The quantitative estimate of drug-likeness (QED) is 0.887. The number of aryl methyl sites for hydroxylation is 1. The highest BCUT2D eigenvalue weighted by atomic mass is 35.5. The Hall–Kier alpha value is -0.140. The topological polar surface area (TPSA) is 63.4 Å². The predicted octanol–water partition coefficient (Wildman–Crippen LogP) is 1.20. The van der Waals surface area contributed by atoms with Gasteiger partial charge in [0.15, 0.2) is 0 Å². The molecule has 0 radical (unpaired) electrons. The SMILES string of the molecule is Cc1ccsc1S(=O)(=O)N1CCC(N)C1.Cl. The Morgan fingerprint density at radius 1 is 1.56 bits per heavy atom. The van der Waals surface area contributed by atoms with Crippen LogP contribution in [0.2, 0.25) is 0 Å². The molecule has 1 fully saturated rings. The van der Waals surface area contributed by atoms with Gasteiger partial charge >= 0.3 is 0 Å². The maximum absolute atomic E-state index is 12.1. The van der Waals surface area contributed by atoms with Crippen molar-refractivity contribution in [3.8, 4) is 0 Å². The van der Waals surface area contributed by atoms with Gasteiger partial charge < -0.3 is 5.73 Å². The molecule has 0 aliphatic carbocycles. The fraction of sp³-hybridized carbons (Fsp3) is 0.556. The zero-order valence-electron chi connectivity index (χ0n) is 8.92. The molecule has 2 heterocycles. The Labute approximate surface area is 106 Å². The van der Waals surface area contributed by atoms with Gasteiger partial charge in [0.05, 0.1) is 0 Å². The molecule has 7 heteroatoms. The zero-order valence-corrected chi connectivity index (χ0v) is 11.4. The van der Waals surface area contributed by atoms with Crippen molar-refractivity contribution < 1.29 is 8.42 Å². The van der Waals surface area contributed by atoms with Gasteiger partial charge in [0, 0.05) is 19.1 Å². The third kappa shape index (κ3) is 2.41. The molecule has 1 saturated heterocycles. The molecule has 1 aliphatic heterocycles. The number of halogens is 1. The first-order chi connectivity index (χ1) is 7.01. The summed E-state index contributed by atoms with van der Waals surface area (Å²) < 4.78 is 26.2. The number of hydrogen-bond acceptors (Lipinski definition) is 4. The molecular formula is C9H15ClN2O2S2. The number of hydrogen-bond donors (Lipinski definition) is 1. The van der Waals surface area contributed by atoms with Gasteiger partial charge in [0.1, 0.15) is 4.21 Å². The molecule has 4 nitrogen and oxygen atoms in total. The van der Waals surface area contributed by atoms with E-state index >= 15 is 0 Å². The van der Waals surface area contributed by atoms with Crippen LogP contribution in [0, 0.1) is 6.92 Å². The Morgan fingerprint density at radius 3 is 2.69 bits per heavy atom. The summed E-state index contributed by atoms with van der Waals surface area (Å²) in [7, 11) is -3.29. The summed E-state index contributed by atoms with van der Waals surface area (Å²) in [6.45, 7) is 2.81. The molecule has 1 aliphatic rings. The molecule has 1 aromatic rings. The summed E-state index contributed by atoms with van der Waals surface area (Å²) in [5, 5.41) is 1.80. The fourth-order valence-corrected chi connectivity index (χ4v) is 4.77. The monoisotopic (exact) mass is 282 g/mol. The van der Waals surface area contributed by atoms with Gasteiger partial charge in [0.25, 0.3) is 10.0 Å². The van der Waals surface area contributed by atoms with E-state index in [2.05, 4.69) is 0 Å². The molecule has 0 spiro atoms. The minimum Gasteiger partial charge on any atom is -0.326 e. The lowest BCUT2D eigenvalue weighted by Gasteiger charge is -2.15. The van der Waals surface area contributed by atoms with Crippen LogP contribution in [0.5, 0.6) is 0 Å². The first kappa shape index (κ1) is 13.9. The third-order valence-electron chi connectivity index (χ3n) is 2.58. The first-order valence-electron chi connectivity index (χ1n) is 4.81. The largest absolute Gasteiger partial charge is 0.326 e. The molecule has 1 unspecified atom stereocenters. The Morgan fingerprint density at radius 2 is 2.25 bits per heavy atom. The summed E-state index contributed by atoms with van der Waals surface area (Å²) in [4.78, 5) is 0. The Bertz CT molecular complexity index is 458. The van der Waals surface area contributed by atoms with Crippen LogP contribution >= 0.6 is 23.7 Å². The molecule has 92 valence electrons. The second-order valence-electron chi connectivity index (χ2n) is 3.80. The number of sulfonamides is 1. The zero-order chi connectivity index (χ0) is 11.1. The molecule has 2 rings (SSSR count). The van der Waals surface area contributed by atoms with Crippen LogP contribution in [0.15, 0.2) is 15.7 Å². The molecule has 1 aromatic heterocycles. The van der Waals surface area contributed by atoms with E-state index in [-0.39, 0.29) is 18.4 Å². The van der Waals surface area contributed by atoms with E-state index in [0.717, 1.165) is 12.0 Å². The van der Waals surface area contributed by atoms with Crippen molar-refractivity contribution in [2.75, 3.05) is 13.1 Å². The molecule has 0 saturated carbocycles. The van der Waals surface area contributed by atoms with E-state index in [1.165, 1.54) is 15.6 Å². The van der Waals surface area contributed by atoms with Crippen molar-refractivity contribution in [3.63, 3.8) is 0 Å². The van der Waals surface area contributed by atoms with Crippen LogP contribution in [-0.4, -0.2) is 31.9 Å². The molecule has 0 aromatic carbocycles. The van der Waals surface area contributed by atoms with E-state index in [1.807, 2.05) is 13.0 Å². The molecule has 0 amide bonds. The summed E-state index contributed by atoms with van der Waals surface area (Å²) in [5.41, 5.74) is 6.53. The number of thiophene rings is 1. The maximum Gasteiger partial charge on any atom is 0.252 e. The van der Waals surface area contributed by atoms with E-state index in [0.29, 0.717) is 17.3 Å². The van der Waals surface area contributed by atoms with E-state index in [1.54, 1.807) is 5.38 Å². The Kier molecular flexibility index (Phi) is 4.36. The van der Waals surface area contributed by atoms with Gasteiger partial charge in [0.2, 0.25) is 0 Å². The second-order valence-corrected chi connectivity index (χ2v) is 6.85. The molecule has 2 N–H and O–H groups in total. The van der Waals surface area contributed by atoms with Gasteiger partial charge in [-0.15, -0.1) is 23.7 Å². The standard InChI is InChI=1S/C9H14N2O2S2.ClH/c1-7-3-5-14-9(7)15(12,13)11-4-2-8(10)6-11;/h3,5,8H,2,4,6,10H2,1H3;1H. The normalized spacial score (nSPS) is 22.0. The lowest BCUT2D eigenvalue weighted by atomic mass is 10.3. The van der Waals surface area contributed by atoms with Gasteiger partial charge in [-0.1, -0.05) is 0 Å². The highest BCUT2D eigenvalue weighted by Gasteiger charge is 2.32. The van der Waals surface area contributed by atoms with Gasteiger partial charge in [-0.25, -0.2) is 8.42 Å². The summed E-state index contributed by atoms with van der Waals surface area (Å²) in [6.07, 6.45) is 0.754. The maximum atomic E-state index is 12.1. The molecule has 1 atom stereocenters. The Balaban J connectivity index is 0.00000128. The fourth-order valence-electron chi connectivity index (χ4n) is 1.71. The van der Waals surface area contributed by atoms with Crippen molar-refractivity contribution in [2.45, 2.75) is 23.6 Å². The highest BCUT2D eigenvalue weighted by Crippen LogP contribution is 2.27. The van der Waals surface area contributed by atoms with Gasteiger partial charge in [-0.05, 0) is 30.4 Å². The summed E-state index contributed by atoms with van der Waals surface area (Å²) >= 11 is 1.27. The van der Waals surface area contributed by atoms with Crippen LogP contribution in [0.1, 0.15) is 12.0 Å². The van der Waals surface area contributed by atoms with Crippen LogP contribution in [0.25, 0.3) is 0 Å². The van der Waals surface area contributed by atoms with Crippen molar-refractivity contribution in [1.82, 2.24) is 4.31 Å². The molecular weight excluding hydrogens is 268 g/mol. The van der Waals surface area contributed by atoms with E-state index < -0.39 is 10.0 Å². The number of rotatable bonds is 2. The number of nitrogens with two attached hydrogens (primary N) is 1. The summed E-state index contributed by atoms with van der Waals surface area (Å²) in [6, 6.07) is 1.81. The van der Waals surface area contributed by atoms with Gasteiger partial charge in [-0.2, -0.15) is 4.31 Å². The molecule has 16 heavy (non-hydrogen) atoms. The van der Waals surface area contributed by atoms with Crippen molar-refractivity contribution in [2.24, 2.45) is 5.73 Å². The van der Waals surface area contributed by atoms with Crippen molar-refractivity contribution >= 4 is 33.8 Å². The lowest BCUT2D eigenvalue weighted by Crippen LogP contribution is -2.31. The molecule has 0 bridgehead atoms. The summed E-state index contributed by atoms with van der Waals surface area (Å²) in [5.74, 6) is 0. The highest BCUT2D eigenvalue weighted by molar-refractivity contribution is 7.91. The smallest absolute Gasteiger partial charge is 0.252 e. The van der Waals surface area contributed by atoms with Crippen LogP contribution in [0.3, 0.4) is 0 Å². The van der Waals surface area contributed by atoms with Gasteiger partial charge in [-0.3, -0.25) is 0 Å². The van der Waals surface area contributed by atoms with Crippen LogP contribution < -0.4 is 5.73 Å². The van der Waals surface area contributed by atoms with Crippen LogP contribution in [-0.2, 0) is 10.0 Å². The van der Waals surface area contributed by atoms with E-state index in [4.69, 9.17) is 5.73 Å². The minimum absolute atomic E-state index is 0. The van der Waals surface area contributed by atoms with E-state index in [9.17, 15) is 8.42 Å². The second kappa shape index (κ2) is 5.01. The first-order valence-corrected chi connectivity index (χ1v) is 7.13. The van der Waals surface area contributed by atoms with Crippen LogP contribution in [0.4, 0.5) is 0 Å². The predicted molar refractivity (Wildman–Crippen MR) is 67.7 cm³/mol. The average molecular weight is 283 g/mol.